The normalized spacial score (nSPS) is 15.8. The first-order valence-electron chi connectivity index (χ1n) is 15.2. The molecule has 2 aromatic carbocycles. The Bertz CT molecular complexity index is 1570. The summed E-state index contributed by atoms with van der Waals surface area (Å²) in [7, 11) is 5.50. The van der Waals surface area contributed by atoms with Crippen molar-refractivity contribution in [2.45, 2.75) is 25.8 Å². The average Bonchev–Trinajstić information content (AvgIpc) is 3.47. The molecule has 0 aliphatic carbocycles. The third-order valence-corrected chi connectivity index (χ3v) is 8.42. The maximum absolute atomic E-state index is 13.2. The van der Waals surface area contributed by atoms with Crippen LogP contribution in [0, 0.1) is 0 Å². The lowest BCUT2D eigenvalue weighted by atomic mass is 10.1. The Morgan fingerprint density at radius 3 is 2.59 bits per heavy atom. The Morgan fingerprint density at radius 2 is 1.84 bits per heavy atom. The summed E-state index contributed by atoms with van der Waals surface area (Å²) >= 11 is 0. The highest BCUT2D eigenvalue weighted by atomic mass is 16.5. The molecule has 1 aliphatic heterocycles. The number of carbonyl (C=O) groups is 2. The van der Waals surface area contributed by atoms with Crippen LogP contribution in [0.3, 0.4) is 0 Å². The molecule has 10 nitrogen and oxygen atoms in total. The van der Waals surface area contributed by atoms with Crippen molar-refractivity contribution < 1.29 is 14.3 Å². The van der Waals surface area contributed by atoms with E-state index in [1.165, 1.54) is 5.56 Å². The van der Waals surface area contributed by atoms with Gasteiger partial charge in [-0.3, -0.25) is 9.36 Å². The number of amides is 2. The summed E-state index contributed by atoms with van der Waals surface area (Å²) in [4.78, 5) is 36.9. The van der Waals surface area contributed by atoms with Gasteiger partial charge in [-0.2, -0.15) is 0 Å². The van der Waals surface area contributed by atoms with E-state index in [1.807, 2.05) is 54.6 Å². The van der Waals surface area contributed by atoms with Crippen LogP contribution in [-0.4, -0.2) is 97.9 Å². The number of pyridine rings is 1. The summed E-state index contributed by atoms with van der Waals surface area (Å²) in [6, 6.07) is 20.0. The van der Waals surface area contributed by atoms with Gasteiger partial charge in [0, 0.05) is 100 Å². The topological polar surface area (TPSA) is 95.0 Å². The third kappa shape index (κ3) is 7.45. The van der Waals surface area contributed by atoms with Crippen LogP contribution in [0.15, 0.2) is 73.1 Å². The van der Waals surface area contributed by atoms with Crippen LogP contribution in [0.25, 0.3) is 10.9 Å². The average molecular weight is 598 g/mol. The lowest BCUT2D eigenvalue weighted by Gasteiger charge is -2.37. The largest absolute Gasteiger partial charge is 0.385 e. The number of carbonyl (C=O) groups excluding carboxylic acids is 2. The Labute approximate surface area is 259 Å². The van der Waals surface area contributed by atoms with Gasteiger partial charge in [-0.1, -0.05) is 12.1 Å². The van der Waals surface area contributed by atoms with E-state index in [0.717, 1.165) is 61.3 Å². The number of nitrogens with zero attached hydrogens (tertiary/aromatic N) is 5. The fourth-order valence-electron chi connectivity index (χ4n) is 5.65. The molecule has 232 valence electrons. The number of nitrogens with one attached hydrogen (secondary N) is 2. The highest BCUT2D eigenvalue weighted by Crippen LogP contribution is 2.30. The van der Waals surface area contributed by atoms with Crippen molar-refractivity contribution in [3.63, 3.8) is 0 Å². The summed E-state index contributed by atoms with van der Waals surface area (Å²) in [5.41, 5.74) is 4.51. The van der Waals surface area contributed by atoms with E-state index in [0.29, 0.717) is 30.6 Å². The van der Waals surface area contributed by atoms with Crippen LogP contribution in [-0.2, 0) is 11.2 Å². The summed E-state index contributed by atoms with van der Waals surface area (Å²) in [6.07, 6.45) is 5.24. The zero-order valence-corrected chi connectivity index (χ0v) is 26.1. The molecule has 10 heteroatoms. The van der Waals surface area contributed by atoms with Crippen molar-refractivity contribution in [2.75, 3.05) is 70.8 Å². The number of rotatable bonds is 11. The Hall–Kier alpha value is -4.25. The van der Waals surface area contributed by atoms with Crippen molar-refractivity contribution in [1.29, 1.82) is 0 Å². The number of hydrogen-bond donors (Lipinski definition) is 2. The quantitative estimate of drug-likeness (QED) is 0.239. The molecule has 0 spiro atoms. The second-order valence-electron chi connectivity index (χ2n) is 11.4. The molecule has 3 heterocycles. The summed E-state index contributed by atoms with van der Waals surface area (Å²) in [5, 5.41) is 6.59. The van der Waals surface area contributed by atoms with Gasteiger partial charge in [0.15, 0.2) is 0 Å². The number of benzene rings is 2. The minimum Gasteiger partial charge on any atom is -0.385 e. The second-order valence-corrected chi connectivity index (χ2v) is 11.4. The Morgan fingerprint density at radius 1 is 1.05 bits per heavy atom. The number of aromatic nitrogens is 2. The van der Waals surface area contributed by atoms with Crippen molar-refractivity contribution in [1.82, 2.24) is 24.7 Å². The zero-order chi connectivity index (χ0) is 31.1. The maximum atomic E-state index is 13.2. The molecular formula is C34H43N7O3. The molecule has 0 saturated carbocycles. The fraction of sp³-hybridized carbons (Fsp3) is 0.382. The van der Waals surface area contributed by atoms with Crippen LogP contribution >= 0.6 is 0 Å². The number of likely N-dealkylation sites (N-methyl/N-ethyl adjacent to an activating group) is 1. The van der Waals surface area contributed by atoms with Gasteiger partial charge in [0.2, 0.25) is 0 Å². The van der Waals surface area contributed by atoms with E-state index < -0.39 is 0 Å². The summed E-state index contributed by atoms with van der Waals surface area (Å²) in [5.74, 6) is 0.279. The number of methoxy groups -OCH3 is 1. The van der Waals surface area contributed by atoms with E-state index in [9.17, 15) is 9.59 Å². The minimum atomic E-state index is -0.197. The van der Waals surface area contributed by atoms with E-state index in [4.69, 9.17) is 4.74 Å². The zero-order valence-electron chi connectivity index (χ0n) is 26.1. The van der Waals surface area contributed by atoms with Crippen molar-refractivity contribution in [3.05, 3.63) is 84.2 Å². The number of ether oxygens (including phenoxy) is 1. The molecule has 4 aromatic rings. The van der Waals surface area contributed by atoms with Crippen molar-refractivity contribution in [3.8, 4) is 0 Å². The van der Waals surface area contributed by atoms with Gasteiger partial charge in [-0.25, -0.2) is 9.78 Å². The van der Waals surface area contributed by atoms with E-state index in [1.54, 1.807) is 31.1 Å². The number of piperazine rings is 1. The van der Waals surface area contributed by atoms with Gasteiger partial charge in [0.05, 0.1) is 5.52 Å². The van der Waals surface area contributed by atoms with Crippen molar-refractivity contribution in [2.24, 2.45) is 0 Å². The molecule has 0 radical (unpaired) electrons. The number of anilines is 3. The lowest BCUT2D eigenvalue weighted by molar-refractivity contribution is 0.102. The molecule has 1 aliphatic rings. The highest BCUT2D eigenvalue weighted by molar-refractivity contribution is 6.04. The molecule has 5 rings (SSSR count). The molecule has 2 amide bonds. The van der Waals surface area contributed by atoms with Crippen LogP contribution in [0.5, 0.6) is 0 Å². The van der Waals surface area contributed by atoms with E-state index in [2.05, 4.69) is 50.4 Å². The Balaban J connectivity index is 1.27. The first-order valence-corrected chi connectivity index (χ1v) is 15.2. The molecule has 1 atom stereocenters. The van der Waals surface area contributed by atoms with Crippen molar-refractivity contribution >= 4 is 40.0 Å². The molecule has 2 N–H and O–H groups in total. The van der Waals surface area contributed by atoms with Crippen LogP contribution < -0.4 is 15.5 Å². The predicted octanol–water partition coefficient (Wildman–Crippen LogP) is 4.83. The van der Waals surface area contributed by atoms with Gasteiger partial charge in [0.1, 0.15) is 5.82 Å². The third-order valence-electron chi connectivity index (χ3n) is 8.42. The maximum Gasteiger partial charge on any atom is 0.325 e. The summed E-state index contributed by atoms with van der Waals surface area (Å²) in [6.45, 7) is 7.89. The van der Waals surface area contributed by atoms with E-state index >= 15 is 0 Å². The second kappa shape index (κ2) is 14.5. The number of hydrogen-bond acceptors (Lipinski definition) is 7. The molecule has 2 aromatic heterocycles. The SMILES string of the molecule is CNC(=O)n1ccc2cc(N(CCCOC)c3ccnc(NC(=O)c4ccc(CCN5CCN(C)[C@H](C)C5)cc4)c3)ccc21. The van der Waals surface area contributed by atoms with Gasteiger partial charge in [-0.15, -0.1) is 0 Å². The van der Waals surface area contributed by atoms with Gasteiger partial charge >= 0.3 is 6.03 Å². The minimum absolute atomic E-state index is 0.186. The first kappa shape index (κ1) is 31.2. The van der Waals surface area contributed by atoms with Gasteiger partial charge in [-0.05, 0) is 74.8 Å². The molecule has 0 unspecified atom stereocenters. The predicted molar refractivity (Wildman–Crippen MR) is 176 cm³/mol. The van der Waals surface area contributed by atoms with Crippen LogP contribution in [0.1, 0.15) is 29.3 Å². The van der Waals surface area contributed by atoms with E-state index in [-0.39, 0.29) is 11.9 Å². The Kier molecular flexibility index (Phi) is 10.3. The molecule has 1 fully saturated rings. The summed E-state index contributed by atoms with van der Waals surface area (Å²) < 4.78 is 6.91. The lowest BCUT2D eigenvalue weighted by Crippen LogP contribution is -2.50. The monoisotopic (exact) mass is 597 g/mol. The molecule has 0 bridgehead atoms. The first-order chi connectivity index (χ1) is 21.4. The highest BCUT2D eigenvalue weighted by Gasteiger charge is 2.20. The standard InChI is InChI=1S/C34H43N7O3/c1-25-24-39(20-19-38(25)3)17-13-26-6-8-27(9-7-26)33(42)37-32-23-30(12-15-36-32)40(16-5-21-44-4)29-10-11-31-28(22-29)14-18-41(31)34(43)35-2/h6-12,14-15,18,22-23,25H,5,13,16-17,19-21,24H2,1-4H3,(H,35,43)(H,36,37,42)/t25-/m1/s1. The molecule has 44 heavy (non-hydrogen) atoms. The molecule has 1 saturated heterocycles. The fourth-order valence-corrected chi connectivity index (χ4v) is 5.65. The van der Waals surface area contributed by atoms with Gasteiger partial charge in [0.25, 0.3) is 5.91 Å². The smallest absolute Gasteiger partial charge is 0.325 e. The number of fused-ring (bicyclic) bond motifs is 1. The van der Waals surface area contributed by atoms with Crippen LogP contribution in [0.2, 0.25) is 0 Å². The van der Waals surface area contributed by atoms with Crippen LogP contribution in [0.4, 0.5) is 22.0 Å². The van der Waals surface area contributed by atoms with Gasteiger partial charge < -0.3 is 30.1 Å². The molecular weight excluding hydrogens is 554 g/mol.